The van der Waals surface area contributed by atoms with E-state index in [9.17, 15) is 0 Å². The fraction of sp³-hybridized carbons (Fsp3) is 0.714. The maximum atomic E-state index is 5.74. The van der Waals surface area contributed by atoms with E-state index in [1.807, 2.05) is 0 Å². The highest BCUT2D eigenvalue weighted by Gasteiger charge is 1.99. The van der Waals surface area contributed by atoms with Crippen LogP contribution < -0.4 is 0 Å². The van der Waals surface area contributed by atoms with Crippen LogP contribution in [0.25, 0.3) is 0 Å². The minimum absolute atomic E-state index is 0.0787. The Hall–Kier alpha value is -0.190. The average Bonchev–Trinajstić information content (AvgIpc) is 1.85. The van der Waals surface area contributed by atoms with Crippen LogP contribution >= 0.6 is 11.6 Å². The molecule has 1 unspecified atom stereocenters. The molecule has 0 aromatic carbocycles. The SMILES string of the molecule is C#CCC(Cl)CCOC. The van der Waals surface area contributed by atoms with Crippen LogP contribution in [0.1, 0.15) is 12.8 Å². The smallest absolute Gasteiger partial charge is 0.0476 e. The van der Waals surface area contributed by atoms with Gasteiger partial charge in [-0.15, -0.1) is 23.9 Å². The summed E-state index contributed by atoms with van der Waals surface area (Å²) < 4.78 is 4.81. The third-order valence-electron chi connectivity index (χ3n) is 0.975. The monoisotopic (exact) mass is 146 g/mol. The second-order valence-electron chi connectivity index (χ2n) is 1.79. The number of ether oxygens (including phenoxy) is 1. The summed E-state index contributed by atoms with van der Waals surface area (Å²) in [7, 11) is 1.65. The summed E-state index contributed by atoms with van der Waals surface area (Å²) in [5.74, 6) is 2.49. The number of hydrogen-bond donors (Lipinski definition) is 0. The van der Waals surface area contributed by atoms with Gasteiger partial charge in [0, 0.05) is 25.5 Å². The highest BCUT2D eigenvalue weighted by molar-refractivity contribution is 6.20. The van der Waals surface area contributed by atoms with Crippen molar-refractivity contribution in [2.45, 2.75) is 18.2 Å². The van der Waals surface area contributed by atoms with Gasteiger partial charge in [-0.2, -0.15) is 0 Å². The lowest BCUT2D eigenvalue weighted by atomic mass is 10.2. The van der Waals surface area contributed by atoms with Crippen LogP contribution in [0.5, 0.6) is 0 Å². The molecule has 0 aromatic heterocycles. The van der Waals surface area contributed by atoms with Gasteiger partial charge < -0.3 is 4.74 Å². The summed E-state index contributed by atoms with van der Waals surface area (Å²) in [4.78, 5) is 0. The predicted octanol–water partition coefficient (Wildman–Crippen LogP) is 1.65. The Balaban J connectivity index is 3.08. The molecule has 0 heterocycles. The molecule has 9 heavy (non-hydrogen) atoms. The summed E-state index contributed by atoms with van der Waals surface area (Å²) in [6.45, 7) is 0.690. The highest BCUT2D eigenvalue weighted by atomic mass is 35.5. The molecule has 0 bridgehead atoms. The van der Waals surface area contributed by atoms with Gasteiger partial charge in [0.2, 0.25) is 0 Å². The minimum atomic E-state index is 0.0787. The Labute approximate surface area is 61.3 Å². The molecule has 0 saturated heterocycles. The largest absolute Gasteiger partial charge is 0.385 e. The Bertz CT molecular complexity index is 95.6. The maximum Gasteiger partial charge on any atom is 0.0476 e. The molecule has 0 aromatic rings. The van der Waals surface area contributed by atoms with Crippen molar-refractivity contribution >= 4 is 11.6 Å². The van der Waals surface area contributed by atoms with E-state index in [2.05, 4.69) is 5.92 Å². The Kier molecular flexibility index (Phi) is 5.81. The van der Waals surface area contributed by atoms with Gasteiger partial charge in [-0.1, -0.05) is 0 Å². The van der Waals surface area contributed by atoms with Crippen LogP contribution in [0.15, 0.2) is 0 Å². The van der Waals surface area contributed by atoms with Crippen LogP contribution in [-0.4, -0.2) is 19.1 Å². The van der Waals surface area contributed by atoms with Gasteiger partial charge in [-0.05, 0) is 6.42 Å². The van der Waals surface area contributed by atoms with Crippen LogP contribution in [0.3, 0.4) is 0 Å². The molecular formula is C7H11ClO. The molecule has 0 amide bonds. The van der Waals surface area contributed by atoms with Gasteiger partial charge >= 0.3 is 0 Å². The summed E-state index contributed by atoms with van der Waals surface area (Å²) >= 11 is 5.74. The third kappa shape index (κ3) is 5.68. The van der Waals surface area contributed by atoms with Crippen molar-refractivity contribution in [1.82, 2.24) is 0 Å². The molecule has 0 aliphatic heterocycles. The van der Waals surface area contributed by atoms with Gasteiger partial charge in [0.15, 0.2) is 0 Å². The molecule has 0 radical (unpaired) electrons. The fourth-order valence-electron chi connectivity index (χ4n) is 0.476. The van der Waals surface area contributed by atoms with Crippen molar-refractivity contribution in [3.8, 4) is 12.3 Å². The van der Waals surface area contributed by atoms with E-state index in [0.717, 1.165) is 6.42 Å². The number of halogens is 1. The zero-order valence-corrected chi connectivity index (χ0v) is 6.32. The number of terminal acetylenes is 1. The van der Waals surface area contributed by atoms with E-state index in [-0.39, 0.29) is 5.38 Å². The zero-order valence-electron chi connectivity index (χ0n) is 5.56. The summed E-state index contributed by atoms with van der Waals surface area (Å²) in [5, 5.41) is 0.0787. The molecule has 0 fully saturated rings. The van der Waals surface area contributed by atoms with Crippen LogP contribution in [0.2, 0.25) is 0 Å². The number of methoxy groups -OCH3 is 1. The second kappa shape index (κ2) is 5.94. The molecule has 0 N–H and O–H groups in total. The summed E-state index contributed by atoms with van der Waals surface area (Å²) in [6.07, 6.45) is 6.49. The molecule has 2 heteroatoms. The van der Waals surface area contributed by atoms with Gasteiger partial charge in [0.25, 0.3) is 0 Å². The van der Waals surface area contributed by atoms with E-state index in [0.29, 0.717) is 13.0 Å². The molecular weight excluding hydrogens is 136 g/mol. The summed E-state index contributed by atoms with van der Waals surface area (Å²) in [5.41, 5.74) is 0. The first-order valence-corrected chi connectivity index (χ1v) is 3.31. The van der Waals surface area contributed by atoms with Crippen molar-refractivity contribution < 1.29 is 4.74 Å². The van der Waals surface area contributed by atoms with E-state index in [4.69, 9.17) is 22.8 Å². The lowest BCUT2D eigenvalue weighted by molar-refractivity contribution is 0.194. The molecule has 0 aliphatic rings. The third-order valence-corrected chi connectivity index (χ3v) is 1.35. The van der Waals surface area contributed by atoms with E-state index in [1.54, 1.807) is 7.11 Å². The number of hydrogen-bond acceptors (Lipinski definition) is 1. The van der Waals surface area contributed by atoms with Gasteiger partial charge in [-0.3, -0.25) is 0 Å². The minimum Gasteiger partial charge on any atom is -0.385 e. The highest BCUT2D eigenvalue weighted by Crippen LogP contribution is 2.05. The topological polar surface area (TPSA) is 9.23 Å². The van der Waals surface area contributed by atoms with Crippen molar-refractivity contribution in [1.29, 1.82) is 0 Å². The van der Waals surface area contributed by atoms with E-state index >= 15 is 0 Å². The number of rotatable bonds is 4. The first-order chi connectivity index (χ1) is 4.31. The Morgan fingerprint density at radius 3 is 2.89 bits per heavy atom. The molecule has 0 saturated carbocycles. The lowest BCUT2D eigenvalue weighted by Crippen LogP contribution is -2.01. The summed E-state index contributed by atoms with van der Waals surface area (Å²) in [6, 6.07) is 0. The van der Waals surface area contributed by atoms with Gasteiger partial charge in [-0.25, -0.2) is 0 Å². The van der Waals surface area contributed by atoms with Crippen molar-refractivity contribution in [2.24, 2.45) is 0 Å². The van der Waals surface area contributed by atoms with Crippen molar-refractivity contribution in [2.75, 3.05) is 13.7 Å². The van der Waals surface area contributed by atoms with Gasteiger partial charge in [0.1, 0.15) is 0 Å². The molecule has 0 rings (SSSR count). The second-order valence-corrected chi connectivity index (χ2v) is 2.40. The molecule has 0 aliphatic carbocycles. The van der Waals surface area contributed by atoms with E-state index < -0.39 is 0 Å². The van der Waals surface area contributed by atoms with Crippen molar-refractivity contribution in [3.05, 3.63) is 0 Å². The average molecular weight is 147 g/mol. The van der Waals surface area contributed by atoms with Crippen LogP contribution in [0, 0.1) is 12.3 Å². The first kappa shape index (κ1) is 8.81. The van der Waals surface area contributed by atoms with Gasteiger partial charge in [0.05, 0.1) is 0 Å². The van der Waals surface area contributed by atoms with Crippen molar-refractivity contribution in [3.63, 3.8) is 0 Å². The normalized spacial score (nSPS) is 12.6. The molecule has 1 atom stereocenters. The molecule has 1 nitrogen and oxygen atoms in total. The van der Waals surface area contributed by atoms with Crippen LogP contribution in [0.4, 0.5) is 0 Å². The van der Waals surface area contributed by atoms with E-state index in [1.165, 1.54) is 0 Å². The fourth-order valence-corrected chi connectivity index (χ4v) is 0.654. The predicted molar refractivity (Wildman–Crippen MR) is 39.6 cm³/mol. The Morgan fingerprint density at radius 1 is 1.78 bits per heavy atom. The molecule has 52 valence electrons. The quantitative estimate of drug-likeness (QED) is 0.433. The Morgan fingerprint density at radius 2 is 2.44 bits per heavy atom. The molecule has 0 spiro atoms. The number of alkyl halides is 1. The maximum absolute atomic E-state index is 5.74. The zero-order chi connectivity index (χ0) is 7.11. The first-order valence-electron chi connectivity index (χ1n) is 2.87. The lowest BCUT2D eigenvalue weighted by Gasteiger charge is -2.02. The van der Waals surface area contributed by atoms with Crippen LogP contribution in [-0.2, 0) is 4.74 Å². The standard InChI is InChI=1S/C7H11ClO/c1-3-4-7(8)5-6-9-2/h1,7H,4-6H2,2H3.